The van der Waals surface area contributed by atoms with Crippen molar-refractivity contribution in [2.75, 3.05) is 5.73 Å². The van der Waals surface area contributed by atoms with E-state index in [1.54, 1.807) is 30.3 Å². The lowest BCUT2D eigenvalue weighted by Gasteiger charge is -2.32. The highest BCUT2D eigenvalue weighted by Crippen LogP contribution is 2.56. The largest absolute Gasteiger partial charge is 0.392 e. The van der Waals surface area contributed by atoms with Gasteiger partial charge in [-0.2, -0.15) is 0 Å². The van der Waals surface area contributed by atoms with E-state index in [9.17, 15) is 17.9 Å². The predicted octanol–water partition coefficient (Wildman–Crippen LogP) is 3.50. The van der Waals surface area contributed by atoms with Crippen LogP contribution in [0.5, 0.6) is 0 Å². The Morgan fingerprint density at radius 3 is 2.58 bits per heavy atom. The summed E-state index contributed by atoms with van der Waals surface area (Å²) < 4.78 is 44.6. The molecule has 0 amide bonds. The lowest BCUT2D eigenvalue weighted by molar-refractivity contribution is 0.160. The molecule has 3 aromatic rings. The molecule has 2 fully saturated rings. The van der Waals surface area contributed by atoms with E-state index in [2.05, 4.69) is 14.7 Å². The lowest BCUT2D eigenvalue weighted by Crippen LogP contribution is -2.44. The molecule has 0 radical (unpaired) electrons. The van der Waals surface area contributed by atoms with Crippen LogP contribution in [0.2, 0.25) is 0 Å². The summed E-state index contributed by atoms with van der Waals surface area (Å²) in [6, 6.07) is 10.8. The van der Waals surface area contributed by atoms with E-state index in [1.807, 2.05) is 0 Å². The molecule has 1 aromatic heterocycles. The maximum absolute atomic E-state index is 15.0. The van der Waals surface area contributed by atoms with E-state index in [4.69, 9.17) is 5.73 Å². The normalized spacial score (nSPS) is 24.7. The number of anilines is 1. The molecule has 2 unspecified atom stereocenters. The highest BCUT2D eigenvalue weighted by Gasteiger charge is 2.59. The Labute approximate surface area is 192 Å². The van der Waals surface area contributed by atoms with Crippen molar-refractivity contribution in [3.63, 3.8) is 0 Å². The van der Waals surface area contributed by atoms with E-state index in [0.29, 0.717) is 29.7 Å². The van der Waals surface area contributed by atoms with Crippen molar-refractivity contribution in [2.24, 2.45) is 5.41 Å². The number of nitrogen functional groups attached to an aromatic ring is 1. The summed E-state index contributed by atoms with van der Waals surface area (Å²) in [5.74, 6) is -0.306. The molecule has 9 heteroatoms. The molecule has 4 N–H and O–H groups in total. The van der Waals surface area contributed by atoms with Crippen molar-refractivity contribution in [3.8, 4) is 22.4 Å². The molecule has 2 aliphatic rings. The zero-order valence-corrected chi connectivity index (χ0v) is 18.7. The third kappa shape index (κ3) is 4.01. The van der Waals surface area contributed by atoms with Crippen LogP contribution in [0.25, 0.3) is 22.4 Å². The maximum atomic E-state index is 15.0. The molecule has 172 valence electrons. The predicted molar refractivity (Wildman–Crippen MR) is 123 cm³/mol. The third-order valence-electron chi connectivity index (χ3n) is 6.86. The van der Waals surface area contributed by atoms with E-state index in [1.165, 1.54) is 24.5 Å². The van der Waals surface area contributed by atoms with Gasteiger partial charge < -0.3 is 10.8 Å². The van der Waals surface area contributed by atoms with Gasteiger partial charge >= 0.3 is 0 Å². The summed E-state index contributed by atoms with van der Waals surface area (Å²) in [6.07, 6.45) is 6.35. The van der Waals surface area contributed by atoms with Crippen LogP contribution in [-0.2, 0) is 10.0 Å². The second kappa shape index (κ2) is 8.16. The van der Waals surface area contributed by atoms with E-state index in [0.717, 1.165) is 19.3 Å². The number of aliphatic hydroxyl groups excluding tert-OH is 1. The number of nitrogens with two attached hydrogens (primary N) is 1. The molecule has 0 saturated heterocycles. The monoisotopic (exact) mass is 468 g/mol. The molecule has 2 aromatic carbocycles. The Bertz CT molecular complexity index is 1300. The fourth-order valence-corrected chi connectivity index (χ4v) is 6.53. The number of nitrogens with one attached hydrogen (secondary N) is 1. The number of aliphatic hydroxyl groups is 1. The molecule has 5 rings (SSSR count). The van der Waals surface area contributed by atoms with Gasteiger partial charge in [0.2, 0.25) is 10.0 Å². The van der Waals surface area contributed by atoms with Crippen molar-refractivity contribution < 1.29 is 17.9 Å². The van der Waals surface area contributed by atoms with Gasteiger partial charge in [0.1, 0.15) is 11.6 Å². The first-order valence-electron chi connectivity index (χ1n) is 11.0. The smallest absolute Gasteiger partial charge is 0.241 e. The summed E-state index contributed by atoms with van der Waals surface area (Å²) in [5.41, 5.74) is 6.62. The van der Waals surface area contributed by atoms with Crippen molar-refractivity contribution in [2.45, 2.75) is 49.1 Å². The quantitative estimate of drug-likeness (QED) is 0.527. The zero-order chi connectivity index (χ0) is 23.2. The summed E-state index contributed by atoms with van der Waals surface area (Å²) in [6.45, 7) is 0. The van der Waals surface area contributed by atoms with Crippen LogP contribution in [0.1, 0.15) is 32.1 Å². The molecular formula is C24H25FN4O3S. The van der Waals surface area contributed by atoms with Gasteiger partial charge in [-0.3, -0.25) is 4.98 Å². The van der Waals surface area contributed by atoms with Gasteiger partial charge in [-0.05, 0) is 43.0 Å². The minimum atomic E-state index is -3.89. The molecule has 0 bridgehead atoms. The van der Waals surface area contributed by atoms with Crippen LogP contribution >= 0.6 is 0 Å². The van der Waals surface area contributed by atoms with Crippen LogP contribution < -0.4 is 10.5 Å². The van der Waals surface area contributed by atoms with Gasteiger partial charge in [0.25, 0.3) is 0 Å². The van der Waals surface area contributed by atoms with Gasteiger partial charge in [0.15, 0.2) is 0 Å². The first kappa shape index (κ1) is 21.9. The molecule has 2 saturated carbocycles. The molecule has 1 spiro atoms. The fraction of sp³-hybridized carbons (Fsp3) is 0.333. The standard InChI is InChI=1S/C24H25FN4O3S/c25-18-11-15(8-9-17(18)19-13-28-23(26)14-27-19)16-5-1-2-6-20(16)33(31,32)29-21-7-3-4-10-24(21)12-22(24)30/h1-2,5-6,8-9,11,13-14,21-22,29-30H,3-4,7,10,12H2,(H2,26,28)/t21-,22?,24?/m0/s1. The van der Waals surface area contributed by atoms with Crippen molar-refractivity contribution in [1.82, 2.24) is 14.7 Å². The van der Waals surface area contributed by atoms with Crippen molar-refractivity contribution in [3.05, 3.63) is 60.7 Å². The Kier molecular flexibility index (Phi) is 5.43. The van der Waals surface area contributed by atoms with Gasteiger partial charge in [0.05, 0.1) is 29.1 Å². The Balaban J connectivity index is 1.48. The SMILES string of the molecule is Nc1cnc(-c2ccc(-c3ccccc3S(=O)(=O)N[C@H]3CCCCC34CC4O)cc2F)cn1. The first-order chi connectivity index (χ1) is 15.8. The van der Waals surface area contributed by atoms with Gasteiger partial charge in [0, 0.05) is 22.6 Å². The number of hydrogen-bond acceptors (Lipinski definition) is 6. The molecule has 0 aliphatic heterocycles. The molecular weight excluding hydrogens is 443 g/mol. The molecule has 7 nitrogen and oxygen atoms in total. The molecule has 2 aliphatic carbocycles. The second-order valence-electron chi connectivity index (χ2n) is 8.89. The molecule has 33 heavy (non-hydrogen) atoms. The van der Waals surface area contributed by atoms with E-state index in [-0.39, 0.29) is 27.7 Å². The summed E-state index contributed by atoms with van der Waals surface area (Å²) >= 11 is 0. The van der Waals surface area contributed by atoms with Crippen LogP contribution in [0.3, 0.4) is 0 Å². The van der Waals surface area contributed by atoms with Crippen LogP contribution in [0.4, 0.5) is 10.2 Å². The average Bonchev–Trinajstić information content (AvgIpc) is 3.45. The molecule has 1 heterocycles. The minimum absolute atomic E-state index is 0.0836. The number of hydrogen-bond donors (Lipinski definition) is 3. The number of nitrogens with zero attached hydrogens (tertiary/aromatic N) is 2. The third-order valence-corrected chi connectivity index (χ3v) is 8.39. The highest BCUT2D eigenvalue weighted by molar-refractivity contribution is 7.89. The minimum Gasteiger partial charge on any atom is -0.392 e. The summed E-state index contributed by atoms with van der Waals surface area (Å²) in [7, 11) is -3.89. The van der Waals surface area contributed by atoms with Gasteiger partial charge in [-0.25, -0.2) is 22.5 Å². The van der Waals surface area contributed by atoms with Crippen LogP contribution in [-0.4, -0.2) is 35.6 Å². The number of aromatic nitrogens is 2. The fourth-order valence-electron chi connectivity index (χ4n) is 4.94. The van der Waals surface area contributed by atoms with Gasteiger partial charge in [-0.1, -0.05) is 37.1 Å². The topological polar surface area (TPSA) is 118 Å². The van der Waals surface area contributed by atoms with Crippen molar-refractivity contribution in [1.29, 1.82) is 0 Å². The lowest BCUT2D eigenvalue weighted by atomic mass is 9.82. The number of halogens is 1. The van der Waals surface area contributed by atoms with Crippen LogP contribution in [0, 0.1) is 11.2 Å². The molecule has 3 atom stereocenters. The second-order valence-corrected chi connectivity index (χ2v) is 10.6. The summed E-state index contributed by atoms with van der Waals surface area (Å²) in [5, 5.41) is 10.2. The van der Waals surface area contributed by atoms with E-state index >= 15 is 0 Å². The van der Waals surface area contributed by atoms with Gasteiger partial charge in [-0.15, -0.1) is 0 Å². The Morgan fingerprint density at radius 2 is 1.88 bits per heavy atom. The Hall–Kier alpha value is -2.88. The Morgan fingerprint density at radius 1 is 1.09 bits per heavy atom. The first-order valence-corrected chi connectivity index (χ1v) is 12.5. The number of sulfonamides is 1. The maximum Gasteiger partial charge on any atom is 0.241 e. The van der Waals surface area contributed by atoms with Crippen LogP contribution in [0.15, 0.2) is 59.8 Å². The number of rotatable bonds is 5. The number of benzene rings is 2. The van der Waals surface area contributed by atoms with Crippen molar-refractivity contribution >= 4 is 15.8 Å². The van der Waals surface area contributed by atoms with E-state index < -0.39 is 21.9 Å². The zero-order valence-electron chi connectivity index (χ0n) is 17.9. The summed E-state index contributed by atoms with van der Waals surface area (Å²) in [4.78, 5) is 8.13. The highest BCUT2D eigenvalue weighted by atomic mass is 32.2. The average molecular weight is 469 g/mol.